The van der Waals surface area contributed by atoms with Gasteiger partial charge >= 0.3 is 0 Å². The normalized spacial score (nSPS) is 16.8. The predicted molar refractivity (Wildman–Crippen MR) is 89.7 cm³/mol. The molecule has 23 heavy (non-hydrogen) atoms. The summed E-state index contributed by atoms with van der Waals surface area (Å²) in [5.41, 5.74) is 2.72. The van der Waals surface area contributed by atoms with Crippen molar-refractivity contribution in [1.29, 1.82) is 0 Å². The molecule has 0 fully saturated rings. The number of ether oxygens (including phenoxy) is 1. The molecule has 0 aliphatic carbocycles. The molecule has 1 atom stereocenters. The maximum atomic E-state index is 12.6. The molecule has 1 unspecified atom stereocenters. The minimum atomic E-state index is -0.543. The van der Waals surface area contributed by atoms with Crippen LogP contribution in [0, 0.1) is 0 Å². The number of aryl methyl sites for hydroxylation is 1. The fraction of sp³-hybridized carbons (Fsp3) is 0.316. The lowest BCUT2D eigenvalue weighted by Crippen LogP contribution is -2.36. The van der Waals surface area contributed by atoms with Gasteiger partial charge in [0, 0.05) is 24.2 Å². The molecule has 4 nitrogen and oxygen atoms in total. The fourth-order valence-electron chi connectivity index (χ4n) is 2.99. The Labute approximate surface area is 136 Å². The van der Waals surface area contributed by atoms with Gasteiger partial charge in [-0.3, -0.25) is 4.79 Å². The van der Waals surface area contributed by atoms with E-state index >= 15 is 0 Å². The largest absolute Gasteiger partial charge is 0.497 e. The Morgan fingerprint density at radius 1 is 1.26 bits per heavy atom. The second-order valence-corrected chi connectivity index (χ2v) is 5.76. The summed E-state index contributed by atoms with van der Waals surface area (Å²) in [6.07, 6.45) is 1.20. The molecule has 1 aliphatic rings. The Kier molecular flexibility index (Phi) is 4.63. The summed E-state index contributed by atoms with van der Waals surface area (Å²) in [5, 5.41) is 10.2. The molecule has 1 heterocycles. The highest BCUT2D eigenvalue weighted by Crippen LogP contribution is 2.36. The average molecular weight is 311 g/mol. The van der Waals surface area contributed by atoms with E-state index in [1.165, 1.54) is 0 Å². The molecular formula is C19H21NO3. The van der Waals surface area contributed by atoms with Crippen molar-refractivity contribution in [2.24, 2.45) is 0 Å². The summed E-state index contributed by atoms with van der Waals surface area (Å²) in [6.45, 7) is 0.550. The number of anilines is 1. The summed E-state index contributed by atoms with van der Waals surface area (Å²) >= 11 is 0. The first-order chi connectivity index (χ1) is 11.2. The number of hydrogen-bond acceptors (Lipinski definition) is 3. The van der Waals surface area contributed by atoms with Crippen LogP contribution in [0.15, 0.2) is 48.5 Å². The third kappa shape index (κ3) is 3.37. The molecule has 1 N–H and O–H groups in total. The maximum absolute atomic E-state index is 12.6. The van der Waals surface area contributed by atoms with E-state index in [-0.39, 0.29) is 5.91 Å². The van der Waals surface area contributed by atoms with Crippen LogP contribution in [-0.2, 0) is 11.2 Å². The van der Waals surface area contributed by atoms with Gasteiger partial charge in [0.25, 0.3) is 0 Å². The van der Waals surface area contributed by atoms with Gasteiger partial charge in [-0.2, -0.15) is 0 Å². The van der Waals surface area contributed by atoms with Crippen molar-refractivity contribution in [3.05, 3.63) is 59.7 Å². The lowest BCUT2D eigenvalue weighted by molar-refractivity contribution is -0.118. The van der Waals surface area contributed by atoms with Crippen molar-refractivity contribution in [1.82, 2.24) is 0 Å². The molecule has 0 saturated heterocycles. The number of rotatable bonds is 4. The molecule has 0 radical (unpaired) electrons. The second kappa shape index (κ2) is 6.84. The topological polar surface area (TPSA) is 49.8 Å². The molecule has 2 aromatic rings. The number of nitrogens with zero attached hydrogens (tertiary/aromatic N) is 1. The summed E-state index contributed by atoms with van der Waals surface area (Å²) in [7, 11) is 1.60. The van der Waals surface area contributed by atoms with Crippen LogP contribution in [0.2, 0.25) is 0 Å². The molecule has 0 saturated carbocycles. The number of benzene rings is 2. The second-order valence-electron chi connectivity index (χ2n) is 5.76. The Hall–Kier alpha value is -2.33. The first-order valence-electron chi connectivity index (χ1n) is 7.89. The number of aliphatic hydroxyl groups is 1. The Bertz CT molecular complexity index is 684. The SMILES string of the molecule is COc1ccc2c(c1)C(O)CCN2C(=O)CCc1ccccc1. The van der Waals surface area contributed by atoms with Crippen molar-refractivity contribution < 1.29 is 14.6 Å². The molecule has 3 rings (SSSR count). The van der Waals surface area contributed by atoms with E-state index in [4.69, 9.17) is 4.74 Å². The molecule has 1 amide bonds. The zero-order valence-electron chi connectivity index (χ0n) is 13.2. The van der Waals surface area contributed by atoms with Crippen LogP contribution in [0.3, 0.4) is 0 Å². The zero-order chi connectivity index (χ0) is 16.2. The number of amides is 1. The van der Waals surface area contributed by atoms with E-state index in [0.29, 0.717) is 25.1 Å². The third-order valence-corrected chi connectivity index (χ3v) is 4.28. The van der Waals surface area contributed by atoms with Crippen molar-refractivity contribution >= 4 is 11.6 Å². The number of aliphatic hydroxyl groups excluding tert-OH is 1. The smallest absolute Gasteiger partial charge is 0.227 e. The quantitative estimate of drug-likeness (QED) is 0.944. The molecular weight excluding hydrogens is 290 g/mol. The van der Waals surface area contributed by atoms with E-state index in [2.05, 4.69) is 0 Å². The van der Waals surface area contributed by atoms with Crippen LogP contribution in [0.4, 0.5) is 5.69 Å². The van der Waals surface area contributed by atoms with Gasteiger partial charge in [-0.15, -0.1) is 0 Å². The highest BCUT2D eigenvalue weighted by Gasteiger charge is 2.27. The summed E-state index contributed by atoms with van der Waals surface area (Å²) < 4.78 is 5.22. The third-order valence-electron chi connectivity index (χ3n) is 4.28. The van der Waals surface area contributed by atoms with Crippen LogP contribution in [0.5, 0.6) is 5.75 Å². The number of carbonyl (C=O) groups excluding carboxylic acids is 1. The van der Waals surface area contributed by atoms with Gasteiger partial charge in [0.15, 0.2) is 0 Å². The van der Waals surface area contributed by atoms with Gasteiger partial charge < -0.3 is 14.7 Å². The monoisotopic (exact) mass is 311 g/mol. The van der Waals surface area contributed by atoms with Crippen molar-refractivity contribution in [3.63, 3.8) is 0 Å². The van der Waals surface area contributed by atoms with Gasteiger partial charge in [-0.05, 0) is 36.6 Å². The van der Waals surface area contributed by atoms with E-state index in [0.717, 1.165) is 23.2 Å². The first kappa shape index (κ1) is 15.6. The maximum Gasteiger partial charge on any atom is 0.227 e. The van der Waals surface area contributed by atoms with Crippen molar-refractivity contribution in [2.75, 3.05) is 18.6 Å². The predicted octanol–water partition coefficient (Wildman–Crippen LogP) is 3.10. The lowest BCUT2D eigenvalue weighted by Gasteiger charge is -2.32. The van der Waals surface area contributed by atoms with E-state index < -0.39 is 6.10 Å². The Morgan fingerprint density at radius 2 is 2.04 bits per heavy atom. The Balaban J connectivity index is 1.76. The Morgan fingerprint density at radius 3 is 2.78 bits per heavy atom. The molecule has 0 aromatic heterocycles. The number of fused-ring (bicyclic) bond motifs is 1. The van der Waals surface area contributed by atoms with Crippen molar-refractivity contribution in [2.45, 2.75) is 25.4 Å². The van der Waals surface area contributed by atoms with Gasteiger partial charge in [0.05, 0.1) is 13.2 Å². The van der Waals surface area contributed by atoms with Gasteiger partial charge in [-0.1, -0.05) is 30.3 Å². The minimum absolute atomic E-state index is 0.0900. The molecule has 1 aliphatic heterocycles. The first-order valence-corrected chi connectivity index (χ1v) is 7.89. The van der Waals surface area contributed by atoms with Crippen LogP contribution >= 0.6 is 0 Å². The molecule has 120 valence electrons. The molecule has 2 aromatic carbocycles. The van der Waals surface area contributed by atoms with Crippen molar-refractivity contribution in [3.8, 4) is 5.75 Å². The summed E-state index contributed by atoms with van der Waals surface area (Å²) in [5.74, 6) is 0.786. The van der Waals surface area contributed by atoms with Crippen LogP contribution in [0.25, 0.3) is 0 Å². The summed E-state index contributed by atoms with van der Waals surface area (Å²) in [4.78, 5) is 14.4. The minimum Gasteiger partial charge on any atom is -0.497 e. The number of methoxy groups -OCH3 is 1. The van der Waals surface area contributed by atoms with E-state index in [9.17, 15) is 9.90 Å². The van der Waals surface area contributed by atoms with E-state index in [1.54, 1.807) is 12.0 Å². The highest BCUT2D eigenvalue weighted by molar-refractivity contribution is 5.95. The van der Waals surface area contributed by atoms with Gasteiger partial charge in [-0.25, -0.2) is 0 Å². The number of carbonyl (C=O) groups is 1. The highest BCUT2D eigenvalue weighted by atomic mass is 16.5. The lowest BCUT2D eigenvalue weighted by atomic mass is 9.97. The molecule has 4 heteroatoms. The molecule has 0 bridgehead atoms. The fourth-order valence-corrected chi connectivity index (χ4v) is 2.99. The number of hydrogen-bond donors (Lipinski definition) is 1. The standard InChI is InChI=1S/C19H21NO3/c1-23-15-8-9-17-16(13-15)18(21)11-12-20(17)19(22)10-7-14-5-3-2-4-6-14/h2-6,8-9,13,18,21H,7,10-12H2,1H3. The summed E-state index contributed by atoms with van der Waals surface area (Å²) in [6, 6.07) is 15.5. The van der Waals surface area contributed by atoms with E-state index in [1.807, 2.05) is 48.5 Å². The average Bonchev–Trinajstić information content (AvgIpc) is 2.60. The van der Waals surface area contributed by atoms with Crippen LogP contribution in [-0.4, -0.2) is 24.7 Å². The molecule has 0 spiro atoms. The van der Waals surface area contributed by atoms with Gasteiger partial charge in [0.1, 0.15) is 5.75 Å². The van der Waals surface area contributed by atoms with Gasteiger partial charge in [0.2, 0.25) is 5.91 Å². The van der Waals surface area contributed by atoms with Crippen LogP contribution < -0.4 is 9.64 Å². The zero-order valence-corrected chi connectivity index (χ0v) is 13.2. The van der Waals surface area contributed by atoms with Crippen LogP contribution in [0.1, 0.15) is 30.1 Å².